The van der Waals surface area contributed by atoms with Crippen LogP contribution in [-0.4, -0.2) is 0 Å². The molecule has 0 saturated heterocycles. The van der Waals surface area contributed by atoms with Crippen LogP contribution in [0.25, 0.3) is 0 Å². The van der Waals surface area contributed by atoms with Gasteiger partial charge in [-0.3, -0.25) is 0 Å². The lowest BCUT2D eigenvalue weighted by atomic mass is 9.68. The highest BCUT2D eigenvalue weighted by Crippen LogP contribution is 2.45. The van der Waals surface area contributed by atoms with Crippen molar-refractivity contribution in [1.82, 2.24) is 0 Å². The highest BCUT2D eigenvalue weighted by molar-refractivity contribution is 5.33. The van der Waals surface area contributed by atoms with Crippen molar-refractivity contribution in [2.75, 3.05) is 0 Å². The summed E-state index contributed by atoms with van der Waals surface area (Å²) in [4.78, 5) is 0. The van der Waals surface area contributed by atoms with Crippen molar-refractivity contribution in [1.29, 1.82) is 0 Å². The number of alkyl halides is 2. The summed E-state index contributed by atoms with van der Waals surface area (Å²) in [5, 5.41) is 0. The molecule has 0 bridgehead atoms. The quantitative estimate of drug-likeness (QED) is 0.212. The molecule has 2 aliphatic rings. The molecular formula is C28H29F7O. The van der Waals surface area contributed by atoms with Gasteiger partial charge in [0.1, 0.15) is 11.3 Å². The molecule has 8 heteroatoms. The molecule has 36 heavy (non-hydrogen) atoms. The molecular weight excluding hydrogens is 485 g/mol. The van der Waals surface area contributed by atoms with Crippen LogP contribution in [0.3, 0.4) is 0 Å². The van der Waals surface area contributed by atoms with Gasteiger partial charge in [-0.05, 0) is 93.6 Å². The summed E-state index contributed by atoms with van der Waals surface area (Å²) in [6.45, 7) is 2.03. The Labute approximate surface area is 206 Å². The van der Waals surface area contributed by atoms with E-state index in [2.05, 4.69) is 16.9 Å². The molecule has 1 nitrogen and oxygen atoms in total. The van der Waals surface area contributed by atoms with Crippen molar-refractivity contribution in [3.05, 3.63) is 76.6 Å². The zero-order valence-corrected chi connectivity index (χ0v) is 20.0. The van der Waals surface area contributed by atoms with Gasteiger partial charge in [-0.2, -0.15) is 8.78 Å². The van der Waals surface area contributed by atoms with Gasteiger partial charge in [-0.15, -0.1) is 0 Å². The number of benzene rings is 2. The van der Waals surface area contributed by atoms with Gasteiger partial charge in [0.05, 0.1) is 0 Å². The minimum absolute atomic E-state index is 0.0427. The van der Waals surface area contributed by atoms with Crippen molar-refractivity contribution in [3.63, 3.8) is 0 Å². The minimum Gasteiger partial charge on any atom is -0.429 e. The molecule has 0 N–H and O–H groups in total. The standard InChI is InChI=1S/C28H29F7O/c1-2-3-16-4-6-17(7-5-16)18-8-10-19(11-9-18)21-12-13-22(26(32)25(21)31)28(34,35)36-20-14-23(29)27(33)24(30)15-20/h2-3,12-19H,4-11H2,1H3. The third kappa shape index (κ3) is 5.57. The molecule has 4 rings (SSSR count). The maximum Gasteiger partial charge on any atom is 0.429 e. The van der Waals surface area contributed by atoms with E-state index >= 15 is 0 Å². The van der Waals surface area contributed by atoms with Gasteiger partial charge in [-0.1, -0.05) is 18.2 Å². The molecule has 2 aromatic rings. The van der Waals surface area contributed by atoms with Gasteiger partial charge in [0.25, 0.3) is 0 Å². The van der Waals surface area contributed by atoms with Crippen LogP contribution in [-0.2, 0) is 6.11 Å². The molecule has 2 aromatic carbocycles. The molecule has 0 aliphatic heterocycles. The molecule has 0 spiro atoms. The van der Waals surface area contributed by atoms with Crippen LogP contribution >= 0.6 is 0 Å². The van der Waals surface area contributed by atoms with E-state index in [0.717, 1.165) is 25.0 Å². The van der Waals surface area contributed by atoms with E-state index in [-0.39, 0.29) is 23.6 Å². The lowest BCUT2D eigenvalue weighted by Gasteiger charge is -2.37. The Kier molecular flexibility index (Phi) is 8.00. The monoisotopic (exact) mass is 514 g/mol. The van der Waals surface area contributed by atoms with Crippen molar-refractivity contribution >= 4 is 0 Å². The third-order valence-corrected chi connectivity index (χ3v) is 7.79. The highest BCUT2D eigenvalue weighted by atomic mass is 19.3. The molecule has 0 heterocycles. The van der Waals surface area contributed by atoms with Crippen LogP contribution in [0.4, 0.5) is 30.7 Å². The number of hydrogen-bond acceptors (Lipinski definition) is 1. The van der Waals surface area contributed by atoms with E-state index < -0.39 is 46.5 Å². The van der Waals surface area contributed by atoms with Crippen LogP contribution in [0, 0.1) is 46.8 Å². The topological polar surface area (TPSA) is 9.23 Å². The van der Waals surface area contributed by atoms with Gasteiger partial charge in [-0.25, -0.2) is 22.0 Å². The fourth-order valence-corrected chi connectivity index (χ4v) is 5.88. The summed E-state index contributed by atoms with van der Waals surface area (Å²) < 4.78 is 103. The zero-order chi connectivity index (χ0) is 26.0. The molecule has 2 fully saturated rings. The molecule has 196 valence electrons. The van der Waals surface area contributed by atoms with Crippen LogP contribution in [0.2, 0.25) is 0 Å². The average molecular weight is 515 g/mol. The average Bonchev–Trinajstić information content (AvgIpc) is 2.84. The van der Waals surface area contributed by atoms with Crippen LogP contribution in [0.15, 0.2) is 36.4 Å². The Morgan fingerprint density at radius 2 is 1.31 bits per heavy atom. The SMILES string of the molecule is CC=CC1CCC(C2CCC(c3ccc(C(F)(F)Oc4cc(F)c(F)c(F)c4)c(F)c3F)CC2)CC1. The van der Waals surface area contributed by atoms with Crippen LogP contribution in [0.1, 0.15) is 75.3 Å². The lowest BCUT2D eigenvalue weighted by Crippen LogP contribution is -2.26. The predicted octanol–water partition coefficient (Wildman–Crippen LogP) is 9.17. The van der Waals surface area contributed by atoms with Crippen molar-refractivity contribution in [3.8, 4) is 5.75 Å². The van der Waals surface area contributed by atoms with Crippen molar-refractivity contribution in [2.24, 2.45) is 17.8 Å². The van der Waals surface area contributed by atoms with E-state index in [4.69, 9.17) is 0 Å². The molecule has 0 unspecified atom stereocenters. The Hall–Kier alpha value is -2.51. The maximum atomic E-state index is 14.9. The summed E-state index contributed by atoms with van der Waals surface area (Å²) in [6.07, 6.45) is 7.65. The summed E-state index contributed by atoms with van der Waals surface area (Å²) in [6, 6.07) is 2.28. The fraction of sp³-hybridized carbons (Fsp3) is 0.500. The first-order valence-corrected chi connectivity index (χ1v) is 12.4. The number of allylic oxidation sites excluding steroid dienone is 2. The minimum atomic E-state index is -4.44. The Balaban J connectivity index is 1.42. The first kappa shape index (κ1) is 26.6. The second-order valence-electron chi connectivity index (χ2n) is 9.96. The van der Waals surface area contributed by atoms with Gasteiger partial charge in [0.15, 0.2) is 29.1 Å². The summed E-state index contributed by atoms with van der Waals surface area (Å²) in [7, 11) is 0. The molecule has 2 saturated carbocycles. The smallest absolute Gasteiger partial charge is 0.429 e. The van der Waals surface area contributed by atoms with Crippen molar-refractivity contribution < 1.29 is 35.5 Å². The van der Waals surface area contributed by atoms with Crippen LogP contribution < -0.4 is 4.74 Å². The summed E-state index contributed by atoms with van der Waals surface area (Å²) in [5.41, 5.74) is -1.36. The molecule has 0 radical (unpaired) electrons. The zero-order valence-electron chi connectivity index (χ0n) is 20.0. The number of hydrogen-bond donors (Lipinski definition) is 0. The Morgan fingerprint density at radius 1 is 0.750 bits per heavy atom. The number of ether oxygens (including phenoxy) is 1. The third-order valence-electron chi connectivity index (χ3n) is 7.79. The maximum absolute atomic E-state index is 14.9. The number of rotatable bonds is 6. The van der Waals surface area contributed by atoms with Crippen LogP contribution in [0.5, 0.6) is 5.75 Å². The first-order valence-electron chi connectivity index (χ1n) is 12.4. The first-order chi connectivity index (χ1) is 17.1. The molecule has 0 amide bonds. The largest absolute Gasteiger partial charge is 0.429 e. The molecule has 0 aromatic heterocycles. The normalized spacial score (nSPS) is 25.3. The van der Waals surface area contributed by atoms with Gasteiger partial charge < -0.3 is 4.74 Å². The van der Waals surface area contributed by atoms with Gasteiger partial charge in [0.2, 0.25) is 0 Å². The summed E-state index contributed by atoms with van der Waals surface area (Å²) >= 11 is 0. The fourth-order valence-electron chi connectivity index (χ4n) is 5.88. The van der Waals surface area contributed by atoms with Gasteiger partial charge >= 0.3 is 6.11 Å². The molecule has 2 aliphatic carbocycles. The van der Waals surface area contributed by atoms with E-state index in [1.807, 2.05) is 6.92 Å². The van der Waals surface area contributed by atoms with Crippen molar-refractivity contribution in [2.45, 2.75) is 70.3 Å². The van der Waals surface area contributed by atoms with E-state index in [0.29, 0.717) is 30.6 Å². The second-order valence-corrected chi connectivity index (χ2v) is 9.96. The van der Waals surface area contributed by atoms with E-state index in [1.54, 1.807) is 0 Å². The summed E-state index contributed by atoms with van der Waals surface area (Å²) in [5.74, 6) is -8.02. The van der Waals surface area contributed by atoms with Gasteiger partial charge in [0, 0.05) is 12.1 Å². The Bertz CT molecular complexity index is 1070. The predicted molar refractivity (Wildman–Crippen MR) is 122 cm³/mol. The lowest BCUT2D eigenvalue weighted by molar-refractivity contribution is -0.188. The molecule has 0 atom stereocenters. The second kappa shape index (κ2) is 10.9. The highest BCUT2D eigenvalue weighted by Gasteiger charge is 2.41. The van der Waals surface area contributed by atoms with E-state index in [9.17, 15) is 30.7 Å². The van der Waals surface area contributed by atoms with E-state index in [1.165, 1.54) is 25.7 Å². The Morgan fingerprint density at radius 3 is 1.86 bits per heavy atom. The number of halogens is 7.